The molecule has 0 saturated heterocycles. The predicted octanol–water partition coefficient (Wildman–Crippen LogP) is 7.09. The molecule has 0 amide bonds. The van der Waals surface area contributed by atoms with Gasteiger partial charge in [-0.3, -0.25) is 9.36 Å². The third-order valence-electron chi connectivity index (χ3n) is 7.91. The highest BCUT2D eigenvalue weighted by Gasteiger charge is 2.33. The summed E-state index contributed by atoms with van der Waals surface area (Å²) in [5.41, 5.74) is 3.12. The van der Waals surface area contributed by atoms with Crippen molar-refractivity contribution in [3.8, 4) is 17.2 Å². The van der Waals surface area contributed by atoms with Crippen molar-refractivity contribution in [3.63, 3.8) is 0 Å². The van der Waals surface area contributed by atoms with Gasteiger partial charge in [0.25, 0.3) is 5.56 Å². The first-order chi connectivity index (χ1) is 23.3. The van der Waals surface area contributed by atoms with E-state index in [-0.39, 0.29) is 12.2 Å². The van der Waals surface area contributed by atoms with E-state index in [4.69, 9.17) is 23.9 Å². The number of carbonyl (C=O) groups excluding carboxylic acids is 1. The lowest BCUT2D eigenvalue weighted by atomic mass is 9.96. The fourth-order valence-corrected chi connectivity index (χ4v) is 7.43. The van der Waals surface area contributed by atoms with Crippen LogP contribution in [0.15, 0.2) is 104 Å². The standard InChI is InChI=1S/C38H35BrN2O6S/c1-5-44-28-17-15-26(16-18-28)34-33(37(43)46-7-3)23(4)40-38-41(34)36(42)32(48-38)21-24-19-30(39)35(31(20-24)45-6-2)47-22-27-13-10-12-25-11-8-9-14-29(25)27/h8-21,34H,5-7,22H2,1-4H3/b32-21-/t34-/m1/s1. The van der Waals surface area contributed by atoms with Crippen LogP contribution in [0.25, 0.3) is 16.8 Å². The van der Waals surface area contributed by atoms with Gasteiger partial charge >= 0.3 is 5.97 Å². The van der Waals surface area contributed by atoms with E-state index in [0.29, 0.717) is 62.1 Å². The van der Waals surface area contributed by atoms with Crippen LogP contribution >= 0.6 is 27.3 Å². The lowest BCUT2D eigenvalue weighted by Gasteiger charge is -2.24. The Labute approximate surface area is 290 Å². The van der Waals surface area contributed by atoms with E-state index in [1.807, 2.05) is 74.5 Å². The molecule has 8 nitrogen and oxygen atoms in total. The number of aromatic nitrogens is 1. The first-order valence-corrected chi connectivity index (χ1v) is 17.4. The monoisotopic (exact) mass is 726 g/mol. The number of allylic oxidation sites excluding steroid dienone is 1. The number of carbonyl (C=O) groups is 1. The molecule has 6 rings (SSSR count). The first-order valence-electron chi connectivity index (χ1n) is 15.8. The van der Waals surface area contributed by atoms with E-state index < -0.39 is 12.0 Å². The van der Waals surface area contributed by atoms with Crippen LogP contribution in [0.1, 0.15) is 50.4 Å². The summed E-state index contributed by atoms with van der Waals surface area (Å²) < 4.78 is 26.1. The van der Waals surface area contributed by atoms with Gasteiger partial charge in [0.05, 0.1) is 46.1 Å². The van der Waals surface area contributed by atoms with Gasteiger partial charge in [-0.05, 0) is 101 Å². The van der Waals surface area contributed by atoms with Crippen molar-refractivity contribution in [2.24, 2.45) is 4.99 Å². The lowest BCUT2D eigenvalue weighted by molar-refractivity contribution is -0.139. The summed E-state index contributed by atoms with van der Waals surface area (Å²) in [6.07, 6.45) is 1.81. The van der Waals surface area contributed by atoms with Gasteiger partial charge in [0.2, 0.25) is 0 Å². The topological polar surface area (TPSA) is 88.4 Å². The molecule has 0 bridgehead atoms. The Balaban J connectivity index is 1.40. The molecule has 4 aromatic carbocycles. The summed E-state index contributed by atoms with van der Waals surface area (Å²) >= 11 is 4.96. The van der Waals surface area contributed by atoms with Crippen molar-refractivity contribution in [2.75, 3.05) is 19.8 Å². The highest BCUT2D eigenvalue weighted by atomic mass is 79.9. The minimum Gasteiger partial charge on any atom is -0.494 e. The average molecular weight is 728 g/mol. The number of hydrogen-bond donors (Lipinski definition) is 0. The molecule has 0 saturated carbocycles. The van der Waals surface area contributed by atoms with Gasteiger partial charge in [-0.15, -0.1) is 0 Å². The smallest absolute Gasteiger partial charge is 0.338 e. The number of ether oxygens (including phenoxy) is 4. The summed E-state index contributed by atoms with van der Waals surface area (Å²) in [5.74, 6) is 1.33. The normalized spacial score (nSPS) is 14.4. The molecule has 1 aliphatic rings. The summed E-state index contributed by atoms with van der Waals surface area (Å²) in [6, 6.07) is 24.8. The number of esters is 1. The van der Waals surface area contributed by atoms with E-state index in [2.05, 4.69) is 40.2 Å². The zero-order valence-electron chi connectivity index (χ0n) is 27.1. The van der Waals surface area contributed by atoms with Crippen LogP contribution in [-0.2, 0) is 16.1 Å². The van der Waals surface area contributed by atoms with Crippen LogP contribution < -0.4 is 29.1 Å². The average Bonchev–Trinajstić information content (AvgIpc) is 3.38. The Bertz CT molecular complexity index is 2200. The number of thiazole rings is 1. The molecule has 2 heterocycles. The quantitative estimate of drug-likeness (QED) is 0.135. The lowest BCUT2D eigenvalue weighted by Crippen LogP contribution is -2.39. The SMILES string of the molecule is CCOC(=O)C1=C(C)N=c2s/c(=C\c3cc(Br)c(OCc4cccc5ccccc45)c(OCC)c3)c(=O)n2[C@@H]1c1ccc(OCC)cc1. The third kappa shape index (κ3) is 6.68. The molecule has 0 radical (unpaired) electrons. The molecule has 0 unspecified atom stereocenters. The fourth-order valence-electron chi connectivity index (χ4n) is 5.81. The highest BCUT2D eigenvalue weighted by molar-refractivity contribution is 9.10. The number of hydrogen-bond acceptors (Lipinski definition) is 8. The van der Waals surface area contributed by atoms with Crippen LogP contribution in [0, 0.1) is 0 Å². The molecule has 0 N–H and O–H groups in total. The van der Waals surface area contributed by atoms with Crippen molar-refractivity contribution >= 4 is 50.1 Å². The molecule has 246 valence electrons. The Morgan fingerprint density at radius 3 is 2.44 bits per heavy atom. The van der Waals surface area contributed by atoms with Crippen molar-refractivity contribution in [2.45, 2.75) is 40.3 Å². The summed E-state index contributed by atoms with van der Waals surface area (Å²) in [6.45, 7) is 8.87. The molecule has 0 spiro atoms. The van der Waals surface area contributed by atoms with Gasteiger partial charge in [-0.25, -0.2) is 9.79 Å². The molecule has 48 heavy (non-hydrogen) atoms. The van der Waals surface area contributed by atoms with Gasteiger partial charge in [0, 0.05) is 0 Å². The summed E-state index contributed by atoms with van der Waals surface area (Å²) in [5, 5.41) is 2.28. The second-order valence-corrected chi connectivity index (χ2v) is 12.9. The molecule has 10 heteroatoms. The highest BCUT2D eigenvalue weighted by Crippen LogP contribution is 2.38. The van der Waals surface area contributed by atoms with Crippen molar-refractivity contribution < 1.29 is 23.7 Å². The zero-order valence-corrected chi connectivity index (χ0v) is 29.5. The molecular weight excluding hydrogens is 692 g/mol. The Morgan fingerprint density at radius 1 is 0.938 bits per heavy atom. The van der Waals surface area contributed by atoms with Crippen molar-refractivity contribution in [1.82, 2.24) is 4.57 Å². The Morgan fingerprint density at radius 2 is 1.69 bits per heavy atom. The van der Waals surface area contributed by atoms with Crippen LogP contribution in [-0.4, -0.2) is 30.4 Å². The maximum atomic E-state index is 14.1. The van der Waals surface area contributed by atoms with Gasteiger partial charge < -0.3 is 18.9 Å². The van der Waals surface area contributed by atoms with Gasteiger partial charge in [-0.1, -0.05) is 65.9 Å². The fraction of sp³-hybridized carbons (Fsp3) is 0.237. The Kier molecular flexibility index (Phi) is 10.1. The maximum absolute atomic E-state index is 14.1. The van der Waals surface area contributed by atoms with Crippen molar-refractivity contribution in [3.05, 3.63) is 131 Å². The number of benzene rings is 4. The second-order valence-electron chi connectivity index (χ2n) is 11.0. The summed E-state index contributed by atoms with van der Waals surface area (Å²) in [7, 11) is 0. The molecule has 1 aromatic heterocycles. The van der Waals surface area contributed by atoms with E-state index in [9.17, 15) is 9.59 Å². The maximum Gasteiger partial charge on any atom is 0.338 e. The third-order valence-corrected chi connectivity index (χ3v) is 9.48. The van der Waals surface area contributed by atoms with E-state index >= 15 is 0 Å². The molecule has 0 fully saturated rings. The predicted molar refractivity (Wildman–Crippen MR) is 192 cm³/mol. The zero-order chi connectivity index (χ0) is 33.8. The van der Waals surface area contributed by atoms with Crippen molar-refractivity contribution in [1.29, 1.82) is 0 Å². The molecule has 0 aliphatic carbocycles. The van der Waals surface area contributed by atoms with Gasteiger partial charge in [-0.2, -0.15) is 0 Å². The summed E-state index contributed by atoms with van der Waals surface area (Å²) in [4.78, 5) is 32.6. The number of rotatable bonds is 11. The van der Waals surface area contributed by atoms with E-state index in [0.717, 1.165) is 27.5 Å². The molecule has 1 aliphatic heterocycles. The van der Waals surface area contributed by atoms with Gasteiger partial charge in [0.1, 0.15) is 12.4 Å². The molecular formula is C38H35BrN2O6S. The number of halogens is 1. The van der Waals surface area contributed by atoms with Crippen LogP contribution in [0.4, 0.5) is 0 Å². The van der Waals surface area contributed by atoms with E-state index in [1.165, 1.54) is 11.3 Å². The largest absolute Gasteiger partial charge is 0.494 e. The molecule has 5 aromatic rings. The number of nitrogens with zero attached hydrogens (tertiary/aromatic N) is 2. The molecule has 1 atom stereocenters. The van der Waals surface area contributed by atoms with Crippen LogP contribution in [0.3, 0.4) is 0 Å². The second kappa shape index (κ2) is 14.6. The Hall–Kier alpha value is -4.67. The van der Waals surface area contributed by atoms with E-state index in [1.54, 1.807) is 18.4 Å². The van der Waals surface area contributed by atoms with Crippen LogP contribution in [0.2, 0.25) is 0 Å². The first kappa shape index (κ1) is 33.2. The number of fused-ring (bicyclic) bond motifs is 2. The van der Waals surface area contributed by atoms with Gasteiger partial charge in [0.15, 0.2) is 16.3 Å². The minimum atomic E-state index is -0.714. The van der Waals surface area contributed by atoms with Crippen LogP contribution in [0.5, 0.6) is 17.2 Å². The minimum absolute atomic E-state index is 0.203.